The lowest BCUT2D eigenvalue weighted by molar-refractivity contribution is 0.144. The predicted molar refractivity (Wildman–Crippen MR) is 111 cm³/mol. The molecular formula is C24H39N. The van der Waals surface area contributed by atoms with E-state index in [1.165, 1.54) is 56.7 Å². The Morgan fingerprint density at radius 2 is 1.92 bits per heavy atom. The molecule has 2 aliphatic carbocycles. The third kappa shape index (κ3) is 4.54. The van der Waals surface area contributed by atoms with Gasteiger partial charge in [-0.05, 0) is 81.6 Å². The lowest BCUT2D eigenvalue weighted by Crippen LogP contribution is -2.30. The second kappa shape index (κ2) is 9.01. The number of rotatable bonds is 4. The zero-order chi connectivity index (χ0) is 18.3. The van der Waals surface area contributed by atoms with E-state index in [2.05, 4.69) is 58.1 Å². The number of fused-ring (bicyclic) bond motifs is 1. The SMILES string of the molecule is C/C=C\C1(C)CCCC2(C)C(C=CCC)CCC2CCC/C1=C/C=N. The van der Waals surface area contributed by atoms with Gasteiger partial charge in [-0.1, -0.05) is 57.1 Å². The van der Waals surface area contributed by atoms with Gasteiger partial charge in [-0.25, -0.2) is 0 Å². The zero-order valence-corrected chi connectivity index (χ0v) is 17.0. The van der Waals surface area contributed by atoms with Crippen molar-refractivity contribution < 1.29 is 0 Å². The summed E-state index contributed by atoms with van der Waals surface area (Å²) in [6.45, 7) is 9.34. The molecule has 1 N–H and O–H groups in total. The summed E-state index contributed by atoms with van der Waals surface area (Å²) in [4.78, 5) is 0. The molecule has 4 unspecified atom stereocenters. The van der Waals surface area contributed by atoms with E-state index in [4.69, 9.17) is 5.41 Å². The average Bonchev–Trinajstić information content (AvgIpc) is 2.88. The Morgan fingerprint density at radius 1 is 1.12 bits per heavy atom. The topological polar surface area (TPSA) is 23.9 Å². The molecule has 0 aliphatic heterocycles. The molecule has 0 bridgehead atoms. The maximum atomic E-state index is 7.58. The number of hydrogen-bond acceptors (Lipinski definition) is 1. The second-order valence-electron chi connectivity index (χ2n) is 8.74. The molecule has 0 amide bonds. The van der Waals surface area contributed by atoms with E-state index in [0.717, 1.165) is 24.7 Å². The molecule has 2 aliphatic rings. The molecule has 2 fully saturated rings. The predicted octanol–water partition coefficient (Wildman–Crippen LogP) is 7.50. The smallest absolute Gasteiger partial charge is 0.0177 e. The van der Waals surface area contributed by atoms with Gasteiger partial charge in [0.05, 0.1) is 0 Å². The molecule has 2 rings (SSSR count). The minimum absolute atomic E-state index is 0.128. The van der Waals surface area contributed by atoms with Gasteiger partial charge in [-0.2, -0.15) is 0 Å². The van der Waals surface area contributed by atoms with Crippen LogP contribution >= 0.6 is 0 Å². The maximum absolute atomic E-state index is 7.58. The first kappa shape index (κ1) is 20.2. The van der Waals surface area contributed by atoms with Crippen LogP contribution in [0.1, 0.15) is 85.5 Å². The minimum atomic E-state index is 0.128. The molecule has 0 aromatic rings. The summed E-state index contributed by atoms with van der Waals surface area (Å²) in [5.74, 6) is 1.66. The molecular weight excluding hydrogens is 302 g/mol. The molecule has 1 nitrogen and oxygen atoms in total. The van der Waals surface area contributed by atoms with Gasteiger partial charge in [-0.15, -0.1) is 0 Å². The van der Waals surface area contributed by atoms with Crippen LogP contribution < -0.4 is 0 Å². The monoisotopic (exact) mass is 341 g/mol. The third-order valence-electron chi connectivity index (χ3n) is 7.17. The van der Waals surface area contributed by atoms with Crippen molar-refractivity contribution in [2.75, 3.05) is 0 Å². The summed E-state index contributed by atoms with van der Waals surface area (Å²) < 4.78 is 0. The van der Waals surface area contributed by atoms with E-state index < -0.39 is 0 Å². The van der Waals surface area contributed by atoms with Crippen molar-refractivity contribution in [3.05, 3.63) is 36.0 Å². The maximum Gasteiger partial charge on any atom is 0.0177 e. The van der Waals surface area contributed by atoms with Crippen LogP contribution in [0.5, 0.6) is 0 Å². The Labute approximate surface area is 156 Å². The first-order valence-electron chi connectivity index (χ1n) is 10.5. The van der Waals surface area contributed by atoms with E-state index in [9.17, 15) is 0 Å². The highest BCUT2D eigenvalue weighted by Crippen LogP contribution is 2.55. The van der Waals surface area contributed by atoms with Crippen molar-refractivity contribution in [3.63, 3.8) is 0 Å². The number of allylic oxidation sites excluding steroid dienone is 6. The normalized spacial score (nSPS) is 39.1. The highest BCUT2D eigenvalue weighted by molar-refractivity contribution is 5.69. The summed E-state index contributed by atoms with van der Waals surface area (Å²) in [5, 5.41) is 7.58. The molecule has 0 aromatic carbocycles. The van der Waals surface area contributed by atoms with Crippen LogP contribution in [0.25, 0.3) is 0 Å². The molecule has 4 atom stereocenters. The molecule has 140 valence electrons. The van der Waals surface area contributed by atoms with Gasteiger partial charge in [0.2, 0.25) is 0 Å². The van der Waals surface area contributed by atoms with Gasteiger partial charge < -0.3 is 5.41 Å². The van der Waals surface area contributed by atoms with Crippen molar-refractivity contribution in [3.8, 4) is 0 Å². The summed E-state index contributed by atoms with van der Waals surface area (Å²) in [6.07, 6.45) is 24.7. The first-order chi connectivity index (χ1) is 12.0. The van der Waals surface area contributed by atoms with Crippen molar-refractivity contribution >= 4 is 6.21 Å². The van der Waals surface area contributed by atoms with E-state index >= 15 is 0 Å². The molecule has 0 saturated heterocycles. The second-order valence-corrected chi connectivity index (χ2v) is 8.74. The molecule has 0 aromatic heterocycles. The fourth-order valence-electron chi connectivity index (χ4n) is 5.58. The van der Waals surface area contributed by atoms with Crippen LogP contribution in [0.4, 0.5) is 0 Å². The van der Waals surface area contributed by atoms with Gasteiger partial charge in [0.1, 0.15) is 0 Å². The van der Waals surface area contributed by atoms with Crippen LogP contribution in [0, 0.1) is 28.1 Å². The number of hydrogen-bond donors (Lipinski definition) is 1. The van der Waals surface area contributed by atoms with Crippen molar-refractivity contribution in [1.82, 2.24) is 0 Å². The molecule has 2 saturated carbocycles. The molecule has 0 radical (unpaired) electrons. The minimum Gasteiger partial charge on any atom is -0.309 e. The largest absolute Gasteiger partial charge is 0.309 e. The molecule has 1 heteroatoms. The average molecular weight is 342 g/mol. The fraction of sp³-hybridized carbons (Fsp3) is 0.708. The number of nitrogens with one attached hydrogen (secondary N) is 1. The van der Waals surface area contributed by atoms with Crippen LogP contribution in [-0.4, -0.2) is 6.21 Å². The van der Waals surface area contributed by atoms with Crippen molar-refractivity contribution in [2.45, 2.75) is 85.5 Å². The summed E-state index contributed by atoms with van der Waals surface area (Å²) in [7, 11) is 0. The Kier molecular flexibility index (Phi) is 7.28. The highest BCUT2D eigenvalue weighted by Gasteiger charge is 2.45. The Morgan fingerprint density at radius 3 is 2.60 bits per heavy atom. The Bertz CT molecular complexity index is 526. The first-order valence-corrected chi connectivity index (χ1v) is 10.5. The summed E-state index contributed by atoms with van der Waals surface area (Å²) in [6, 6.07) is 0. The van der Waals surface area contributed by atoms with Crippen molar-refractivity contribution in [1.29, 1.82) is 5.41 Å². The van der Waals surface area contributed by atoms with Gasteiger partial charge in [-0.3, -0.25) is 0 Å². The summed E-state index contributed by atoms with van der Waals surface area (Å²) in [5.41, 5.74) is 2.08. The van der Waals surface area contributed by atoms with Gasteiger partial charge in [0, 0.05) is 11.6 Å². The highest BCUT2D eigenvalue weighted by atomic mass is 14.5. The van der Waals surface area contributed by atoms with E-state index in [0.29, 0.717) is 5.41 Å². The lowest BCUT2D eigenvalue weighted by atomic mass is 9.65. The van der Waals surface area contributed by atoms with E-state index in [-0.39, 0.29) is 5.41 Å². The Balaban J connectivity index is 2.24. The zero-order valence-electron chi connectivity index (χ0n) is 17.0. The van der Waals surface area contributed by atoms with Crippen LogP contribution in [0.2, 0.25) is 0 Å². The van der Waals surface area contributed by atoms with E-state index in [1.54, 1.807) is 0 Å². The quantitative estimate of drug-likeness (QED) is 0.404. The molecule has 0 spiro atoms. The van der Waals surface area contributed by atoms with Gasteiger partial charge in [0.15, 0.2) is 0 Å². The van der Waals surface area contributed by atoms with Crippen LogP contribution in [0.15, 0.2) is 36.0 Å². The van der Waals surface area contributed by atoms with Crippen LogP contribution in [0.3, 0.4) is 0 Å². The molecule has 25 heavy (non-hydrogen) atoms. The van der Waals surface area contributed by atoms with E-state index in [1.807, 2.05) is 0 Å². The Hall–Kier alpha value is -1.11. The van der Waals surface area contributed by atoms with Gasteiger partial charge >= 0.3 is 0 Å². The lowest BCUT2D eigenvalue weighted by Gasteiger charge is -2.40. The standard InChI is InChI=1S/C24H39N/c1-5-7-10-21-13-14-22-12-8-11-20(15-19-25)23(3,16-6-2)17-9-18-24(21,22)4/h6-7,10,15-16,19,21-22,25H,5,8-9,11-14,17-18H2,1-4H3/b10-7?,16-6-,20-15-,25-19?. The van der Waals surface area contributed by atoms with Crippen LogP contribution in [-0.2, 0) is 0 Å². The van der Waals surface area contributed by atoms with Crippen molar-refractivity contribution in [2.24, 2.45) is 22.7 Å². The van der Waals surface area contributed by atoms with Gasteiger partial charge in [0.25, 0.3) is 0 Å². The summed E-state index contributed by atoms with van der Waals surface area (Å²) >= 11 is 0. The fourth-order valence-corrected chi connectivity index (χ4v) is 5.58. The molecule has 0 heterocycles. The third-order valence-corrected chi connectivity index (χ3v) is 7.17.